The molecule has 0 spiro atoms. The van der Waals surface area contributed by atoms with Gasteiger partial charge in [-0.1, -0.05) is 20.8 Å². The van der Waals surface area contributed by atoms with Crippen molar-refractivity contribution in [1.82, 2.24) is 4.98 Å². The number of nitrogens with zero attached hydrogens (tertiary/aromatic N) is 1. The summed E-state index contributed by atoms with van der Waals surface area (Å²) in [7, 11) is 0. The lowest BCUT2D eigenvalue weighted by Gasteiger charge is -2.17. The second-order valence-corrected chi connectivity index (χ2v) is 6.15. The third-order valence-electron chi connectivity index (χ3n) is 3.24. The lowest BCUT2D eigenvalue weighted by Crippen LogP contribution is -2.27. The van der Waals surface area contributed by atoms with Crippen LogP contribution in [0.1, 0.15) is 33.6 Å². The molecule has 1 aliphatic heterocycles. The van der Waals surface area contributed by atoms with Gasteiger partial charge in [0, 0.05) is 18.6 Å². The molecule has 1 fully saturated rings. The van der Waals surface area contributed by atoms with E-state index in [-0.39, 0.29) is 12.0 Å². The monoisotopic (exact) mass is 277 g/mol. The zero-order chi connectivity index (χ0) is 14.6. The highest BCUT2D eigenvalue weighted by Gasteiger charge is 2.21. The van der Waals surface area contributed by atoms with Crippen molar-refractivity contribution in [3.05, 3.63) is 18.3 Å². The van der Waals surface area contributed by atoms with Crippen molar-refractivity contribution in [2.75, 3.05) is 23.8 Å². The standard InChI is InChI=1S/C15H23N3O2/c1-15(2,3)14(19)18-11-6-7-13(16-9-11)17-10-12-5-4-8-20-12/h6-7,9,12H,4-5,8,10H2,1-3H3,(H,16,17)(H,18,19). The molecule has 2 heterocycles. The van der Waals surface area contributed by atoms with Gasteiger partial charge in [-0.05, 0) is 25.0 Å². The van der Waals surface area contributed by atoms with Gasteiger partial charge in [0.25, 0.3) is 0 Å². The van der Waals surface area contributed by atoms with Gasteiger partial charge < -0.3 is 15.4 Å². The Morgan fingerprint density at radius 3 is 2.80 bits per heavy atom. The highest BCUT2D eigenvalue weighted by atomic mass is 16.5. The molecule has 2 rings (SSSR count). The van der Waals surface area contributed by atoms with Crippen LogP contribution in [0.15, 0.2) is 18.3 Å². The van der Waals surface area contributed by atoms with E-state index in [0.29, 0.717) is 5.69 Å². The van der Waals surface area contributed by atoms with Gasteiger partial charge in [-0.25, -0.2) is 4.98 Å². The van der Waals surface area contributed by atoms with Crippen molar-refractivity contribution < 1.29 is 9.53 Å². The Labute approximate surface area is 120 Å². The van der Waals surface area contributed by atoms with Crippen molar-refractivity contribution in [3.8, 4) is 0 Å². The number of amides is 1. The second-order valence-electron chi connectivity index (χ2n) is 6.15. The Morgan fingerprint density at radius 2 is 2.25 bits per heavy atom. The molecule has 1 aromatic rings. The molecule has 0 aromatic carbocycles. The number of carbonyl (C=O) groups excluding carboxylic acids is 1. The summed E-state index contributed by atoms with van der Waals surface area (Å²) < 4.78 is 5.54. The summed E-state index contributed by atoms with van der Waals surface area (Å²) in [5.74, 6) is 0.786. The van der Waals surface area contributed by atoms with Crippen LogP contribution in [0.4, 0.5) is 11.5 Å². The zero-order valence-electron chi connectivity index (χ0n) is 12.4. The first kappa shape index (κ1) is 14.8. The average molecular weight is 277 g/mol. The minimum Gasteiger partial charge on any atom is -0.376 e. The molecule has 1 saturated heterocycles. The van der Waals surface area contributed by atoms with Gasteiger partial charge >= 0.3 is 0 Å². The molecule has 0 aliphatic carbocycles. The minimum absolute atomic E-state index is 0.0145. The van der Waals surface area contributed by atoms with Gasteiger partial charge in [-0.2, -0.15) is 0 Å². The van der Waals surface area contributed by atoms with Crippen LogP contribution in [0.5, 0.6) is 0 Å². The van der Waals surface area contributed by atoms with Crippen molar-refractivity contribution in [2.45, 2.75) is 39.7 Å². The van der Waals surface area contributed by atoms with Crippen LogP contribution in [0.3, 0.4) is 0 Å². The van der Waals surface area contributed by atoms with E-state index in [1.807, 2.05) is 32.9 Å². The third-order valence-corrected chi connectivity index (χ3v) is 3.24. The molecule has 1 unspecified atom stereocenters. The third kappa shape index (κ3) is 4.20. The van der Waals surface area contributed by atoms with E-state index in [1.165, 1.54) is 0 Å². The summed E-state index contributed by atoms with van der Waals surface area (Å²) in [4.78, 5) is 16.1. The maximum Gasteiger partial charge on any atom is 0.229 e. The summed E-state index contributed by atoms with van der Waals surface area (Å²) in [6.07, 6.45) is 4.20. The topological polar surface area (TPSA) is 63.2 Å². The highest BCUT2D eigenvalue weighted by molar-refractivity contribution is 5.94. The summed E-state index contributed by atoms with van der Waals surface area (Å²) in [6, 6.07) is 3.72. The van der Waals surface area contributed by atoms with Crippen LogP contribution in [-0.2, 0) is 9.53 Å². The number of nitrogens with one attached hydrogen (secondary N) is 2. The maximum atomic E-state index is 11.8. The summed E-state index contributed by atoms with van der Waals surface area (Å²) in [5.41, 5.74) is 0.309. The van der Waals surface area contributed by atoms with E-state index in [9.17, 15) is 4.79 Å². The number of hydrogen-bond donors (Lipinski definition) is 2. The van der Waals surface area contributed by atoms with E-state index in [4.69, 9.17) is 4.74 Å². The Balaban J connectivity index is 1.84. The Kier molecular flexibility index (Phi) is 4.60. The minimum atomic E-state index is -0.406. The van der Waals surface area contributed by atoms with Crippen LogP contribution in [0.2, 0.25) is 0 Å². The molecule has 1 aromatic heterocycles. The van der Waals surface area contributed by atoms with Gasteiger partial charge in [0.2, 0.25) is 5.91 Å². The van der Waals surface area contributed by atoms with Gasteiger partial charge in [-0.15, -0.1) is 0 Å². The summed E-state index contributed by atoms with van der Waals surface area (Å²) in [5, 5.41) is 6.10. The van der Waals surface area contributed by atoms with E-state index < -0.39 is 5.41 Å². The van der Waals surface area contributed by atoms with Crippen molar-refractivity contribution in [1.29, 1.82) is 0 Å². The van der Waals surface area contributed by atoms with Gasteiger partial charge in [0.1, 0.15) is 5.82 Å². The van der Waals surface area contributed by atoms with E-state index in [2.05, 4.69) is 15.6 Å². The van der Waals surface area contributed by atoms with E-state index in [0.717, 1.165) is 31.8 Å². The fourth-order valence-corrected chi connectivity index (χ4v) is 1.91. The van der Waals surface area contributed by atoms with Gasteiger partial charge in [0.15, 0.2) is 0 Å². The molecule has 5 nitrogen and oxygen atoms in total. The van der Waals surface area contributed by atoms with Crippen LogP contribution in [0.25, 0.3) is 0 Å². The Morgan fingerprint density at radius 1 is 1.45 bits per heavy atom. The summed E-state index contributed by atoms with van der Waals surface area (Å²) >= 11 is 0. The van der Waals surface area contributed by atoms with Crippen LogP contribution in [0, 0.1) is 5.41 Å². The average Bonchev–Trinajstić information content (AvgIpc) is 2.90. The Hall–Kier alpha value is -1.62. The number of pyridine rings is 1. The maximum absolute atomic E-state index is 11.8. The summed E-state index contributed by atoms with van der Waals surface area (Å²) in [6.45, 7) is 7.28. The predicted octanol–water partition coefficient (Wildman–Crippen LogP) is 2.66. The number of ether oxygens (including phenoxy) is 1. The Bertz CT molecular complexity index is 445. The normalized spacial score (nSPS) is 18.9. The van der Waals surface area contributed by atoms with Crippen LogP contribution >= 0.6 is 0 Å². The SMILES string of the molecule is CC(C)(C)C(=O)Nc1ccc(NCC2CCCO2)nc1. The number of aromatic nitrogens is 1. The zero-order valence-corrected chi connectivity index (χ0v) is 12.4. The molecule has 0 bridgehead atoms. The molecular formula is C15H23N3O2. The van der Waals surface area contributed by atoms with Crippen molar-refractivity contribution in [2.24, 2.45) is 5.41 Å². The second kappa shape index (κ2) is 6.22. The predicted molar refractivity (Wildman–Crippen MR) is 79.8 cm³/mol. The number of rotatable bonds is 4. The number of carbonyl (C=O) groups is 1. The lowest BCUT2D eigenvalue weighted by molar-refractivity contribution is -0.123. The number of anilines is 2. The molecule has 1 atom stereocenters. The fourth-order valence-electron chi connectivity index (χ4n) is 1.91. The van der Waals surface area contributed by atoms with Crippen molar-refractivity contribution >= 4 is 17.4 Å². The first-order valence-electron chi connectivity index (χ1n) is 7.08. The molecule has 5 heteroatoms. The highest BCUT2D eigenvalue weighted by Crippen LogP contribution is 2.18. The molecular weight excluding hydrogens is 254 g/mol. The van der Waals surface area contributed by atoms with Gasteiger partial charge in [0.05, 0.1) is 18.0 Å². The lowest BCUT2D eigenvalue weighted by atomic mass is 9.96. The smallest absolute Gasteiger partial charge is 0.229 e. The first-order valence-corrected chi connectivity index (χ1v) is 7.08. The quantitative estimate of drug-likeness (QED) is 0.888. The van der Waals surface area contributed by atoms with Gasteiger partial charge in [-0.3, -0.25) is 4.79 Å². The van der Waals surface area contributed by atoms with Crippen LogP contribution in [-0.4, -0.2) is 30.1 Å². The number of hydrogen-bond acceptors (Lipinski definition) is 4. The molecule has 1 amide bonds. The van der Waals surface area contributed by atoms with E-state index >= 15 is 0 Å². The van der Waals surface area contributed by atoms with Crippen LogP contribution < -0.4 is 10.6 Å². The molecule has 1 aliphatic rings. The van der Waals surface area contributed by atoms with E-state index in [1.54, 1.807) is 6.20 Å². The molecule has 2 N–H and O–H groups in total. The fraction of sp³-hybridized carbons (Fsp3) is 0.600. The molecule has 0 radical (unpaired) electrons. The molecule has 0 saturated carbocycles. The molecule has 20 heavy (non-hydrogen) atoms. The van der Waals surface area contributed by atoms with Crippen molar-refractivity contribution in [3.63, 3.8) is 0 Å². The first-order chi connectivity index (χ1) is 9.45. The largest absolute Gasteiger partial charge is 0.376 e. The molecule has 110 valence electrons.